The van der Waals surface area contributed by atoms with Gasteiger partial charge < -0.3 is 20.7 Å². The van der Waals surface area contributed by atoms with Gasteiger partial charge in [-0.05, 0) is 61.4 Å². The molecule has 7 nitrogen and oxygen atoms in total. The summed E-state index contributed by atoms with van der Waals surface area (Å²) in [5, 5.41) is 8.73. The molecule has 8 heteroatoms. The first-order chi connectivity index (χ1) is 14.3. The van der Waals surface area contributed by atoms with E-state index >= 15 is 0 Å². The first kappa shape index (κ1) is 23.2. The molecule has 0 saturated carbocycles. The first-order valence-electron chi connectivity index (χ1n) is 9.67. The van der Waals surface area contributed by atoms with Crippen LogP contribution in [0.5, 0.6) is 5.75 Å². The molecule has 3 amide bonds. The molecule has 0 aliphatic rings. The van der Waals surface area contributed by atoms with Crippen molar-refractivity contribution in [2.24, 2.45) is 5.92 Å². The summed E-state index contributed by atoms with van der Waals surface area (Å²) in [6, 6.07) is 12.4. The van der Waals surface area contributed by atoms with Crippen molar-refractivity contribution in [2.75, 3.05) is 18.5 Å². The van der Waals surface area contributed by atoms with Crippen molar-refractivity contribution in [1.29, 1.82) is 0 Å². The van der Waals surface area contributed by atoms with Crippen molar-refractivity contribution >= 4 is 35.0 Å². The maximum atomic E-state index is 12.7. The number of carbonyl (C=O) groups is 3. The molecule has 0 radical (unpaired) electrons. The number of rotatable bonds is 9. The molecular weight excluding hydrogens is 406 g/mol. The summed E-state index contributed by atoms with van der Waals surface area (Å²) >= 11 is 5.85. The Balaban J connectivity index is 1.96. The van der Waals surface area contributed by atoms with Crippen LogP contribution < -0.4 is 20.7 Å². The number of benzene rings is 2. The Morgan fingerprint density at radius 3 is 2.20 bits per heavy atom. The maximum absolute atomic E-state index is 12.7. The van der Waals surface area contributed by atoms with Crippen molar-refractivity contribution in [3.8, 4) is 5.75 Å². The predicted molar refractivity (Wildman–Crippen MR) is 117 cm³/mol. The molecule has 0 saturated heterocycles. The van der Waals surface area contributed by atoms with E-state index in [0.717, 1.165) is 0 Å². The minimum Gasteiger partial charge on any atom is -0.484 e. The molecule has 0 spiro atoms. The third kappa shape index (κ3) is 7.08. The SMILES string of the molecule is CCNC(=O)COc1ccc(NC(=O)C(NC(=O)c2ccc(Cl)cc2)C(C)C)cc1. The zero-order valence-electron chi connectivity index (χ0n) is 17.2. The Hall–Kier alpha value is -3.06. The summed E-state index contributed by atoms with van der Waals surface area (Å²) < 4.78 is 5.38. The van der Waals surface area contributed by atoms with E-state index in [9.17, 15) is 14.4 Å². The Morgan fingerprint density at radius 2 is 1.63 bits per heavy atom. The zero-order valence-corrected chi connectivity index (χ0v) is 18.0. The molecule has 30 heavy (non-hydrogen) atoms. The maximum Gasteiger partial charge on any atom is 0.257 e. The third-order valence-corrected chi connectivity index (χ3v) is 4.46. The second-order valence-electron chi connectivity index (χ2n) is 6.96. The summed E-state index contributed by atoms with van der Waals surface area (Å²) in [4.78, 5) is 36.6. The van der Waals surface area contributed by atoms with Gasteiger partial charge in [0.25, 0.3) is 11.8 Å². The zero-order chi connectivity index (χ0) is 22.1. The number of likely N-dealkylation sites (N-methyl/N-ethyl adjacent to an activating group) is 1. The monoisotopic (exact) mass is 431 g/mol. The van der Waals surface area contributed by atoms with Crippen molar-refractivity contribution in [1.82, 2.24) is 10.6 Å². The van der Waals surface area contributed by atoms with Crippen molar-refractivity contribution in [3.05, 3.63) is 59.1 Å². The van der Waals surface area contributed by atoms with Gasteiger partial charge in [0.15, 0.2) is 6.61 Å². The Labute approximate surface area is 181 Å². The molecule has 2 rings (SSSR count). The predicted octanol–water partition coefficient (Wildman–Crippen LogP) is 3.25. The topological polar surface area (TPSA) is 96.5 Å². The quantitative estimate of drug-likeness (QED) is 0.567. The molecule has 0 aromatic heterocycles. The fourth-order valence-corrected chi connectivity index (χ4v) is 2.74. The van der Waals surface area contributed by atoms with Crippen molar-refractivity contribution < 1.29 is 19.1 Å². The number of amides is 3. The van der Waals surface area contributed by atoms with Crippen LogP contribution in [0, 0.1) is 5.92 Å². The summed E-state index contributed by atoms with van der Waals surface area (Å²) in [5.74, 6) is -0.499. The number of halogens is 1. The summed E-state index contributed by atoms with van der Waals surface area (Å²) in [7, 11) is 0. The van der Waals surface area contributed by atoms with Crippen LogP contribution in [0.1, 0.15) is 31.1 Å². The van der Waals surface area contributed by atoms with Gasteiger partial charge in [-0.2, -0.15) is 0 Å². The average Bonchev–Trinajstić information content (AvgIpc) is 2.71. The molecule has 2 aromatic carbocycles. The molecule has 1 unspecified atom stereocenters. The highest BCUT2D eigenvalue weighted by Crippen LogP contribution is 2.17. The van der Waals surface area contributed by atoms with Gasteiger partial charge in [0, 0.05) is 22.8 Å². The van der Waals surface area contributed by atoms with Gasteiger partial charge in [-0.25, -0.2) is 0 Å². The van der Waals surface area contributed by atoms with E-state index in [-0.39, 0.29) is 30.2 Å². The smallest absolute Gasteiger partial charge is 0.257 e. The molecule has 160 valence electrons. The van der Waals surface area contributed by atoms with Crippen LogP contribution in [0.15, 0.2) is 48.5 Å². The number of ether oxygens (including phenoxy) is 1. The van der Waals surface area contributed by atoms with Crippen LogP contribution in [-0.2, 0) is 9.59 Å². The van der Waals surface area contributed by atoms with Crippen LogP contribution in [-0.4, -0.2) is 36.9 Å². The van der Waals surface area contributed by atoms with E-state index in [1.165, 1.54) is 0 Å². The van der Waals surface area contributed by atoms with Gasteiger partial charge in [-0.15, -0.1) is 0 Å². The highest BCUT2D eigenvalue weighted by atomic mass is 35.5. The highest BCUT2D eigenvalue weighted by molar-refractivity contribution is 6.30. The van der Waals surface area contributed by atoms with Gasteiger partial charge in [-0.3, -0.25) is 14.4 Å². The fraction of sp³-hybridized carbons (Fsp3) is 0.318. The lowest BCUT2D eigenvalue weighted by Gasteiger charge is -2.22. The molecule has 3 N–H and O–H groups in total. The van der Waals surface area contributed by atoms with E-state index in [2.05, 4.69) is 16.0 Å². The van der Waals surface area contributed by atoms with Crippen LogP contribution in [0.2, 0.25) is 5.02 Å². The van der Waals surface area contributed by atoms with Crippen LogP contribution in [0.25, 0.3) is 0 Å². The van der Waals surface area contributed by atoms with E-state index in [1.807, 2.05) is 20.8 Å². The molecule has 0 aliphatic heterocycles. The molecule has 1 atom stereocenters. The van der Waals surface area contributed by atoms with Crippen LogP contribution >= 0.6 is 11.6 Å². The number of anilines is 1. The first-order valence-corrected chi connectivity index (χ1v) is 10.0. The van der Waals surface area contributed by atoms with Gasteiger partial charge in [0.05, 0.1) is 0 Å². The van der Waals surface area contributed by atoms with Gasteiger partial charge >= 0.3 is 0 Å². The number of nitrogens with one attached hydrogen (secondary N) is 3. The van der Waals surface area contributed by atoms with Crippen molar-refractivity contribution in [3.63, 3.8) is 0 Å². The minimum atomic E-state index is -0.721. The van der Waals surface area contributed by atoms with E-state index < -0.39 is 6.04 Å². The lowest BCUT2D eigenvalue weighted by atomic mass is 10.0. The summed E-state index contributed by atoms with van der Waals surface area (Å²) in [6.45, 7) is 6.00. The molecular formula is C22H26ClN3O4. The van der Waals surface area contributed by atoms with Gasteiger partial charge in [0.2, 0.25) is 5.91 Å². The highest BCUT2D eigenvalue weighted by Gasteiger charge is 2.24. The standard InChI is InChI=1S/C22H26ClN3O4/c1-4-24-19(27)13-30-18-11-9-17(10-12-18)25-22(29)20(14(2)3)26-21(28)15-5-7-16(23)8-6-15/h5-12,14,20H,4,13H2,1-3H3,(H,24,27)(H,25,29)(H,26,28). The normalized spacial score (nSPS) is 11.5. The van der Waals surface area contributed by atoms with Crippen LogP contribution in [0.3, 0.4) is 0 Å². The Kier molecular flexibility index (Phi) is 8.68. The third-order valence-electron chi connectivity index (χ3n) is 4.21. The molecule has 0 aliphatic carbocycles. The fourth-order valence-electron chi connectivity index (χ4n) is 2.61. The van der Waals surface area contributed by atoms with Gasteiger partial charge in [0.1, 0.15) is 11.8 Å². The number of hydrogen-bond donors (Lipinski definition) is 3. The second kappa shape index (κ2) is 11.2. The minimum absolute atomic E-state index is 0.0777. The Bertz CT molecular complexity index is 867. The van der Waals surface area contributed by atoms with E-state index in [0.29, 0.717) is 28.6 Å². The van der Waals surface area contributed by atoms with Crippen LogP contribution in [0.4, 0.5) is 5.69 Å². The second-order valence-corrected chi connectivity index (χ2v) is 7.39. The lowest BCUT2D eigenvalue weighted by molar-refractivity contribution is -0.123. The summed E-state index contributed by atoms with van der Waals surface area (Å²) in [6.07, 6.45) is 0. The molecule has 0 heterocycles. The number of hydrogen-bond acceptors (Lipinski definition) is 4. The largest absolute Gasteiger partial charge is 0.484 e. The summed E-state index contributed by atoms with van der Waals surface area (Å²) in [5.41, 5.74) is 0.975. The van der Waals surface area contributed by atoms with Crippen molar-refractivity contribution in [2.45, 2.75) is 26.8 Å². The molecule has 0 bridgehead atoms. The molecule has 2 aromatic rings. The lowest BCUT2D eigenvalue weighted by Crippen LogP contribution is -2.47. The van der Waals surface area contributed by atoms with E-state index in [4.69, 9.17) is 16.3 Å². The molecule has 0 fully saturated rings. The number of carbonyl (C=O) groups excluding carboxylic acids is 3. The average molecular weight is 432 g/mol. The Morgan fingerprint density at radius 1 is 1.00 bits per heavy atom. The van der Waals surface area contributed by atoms with E-state index in [1.54, 1.807) is 48.5 Å². The van der Waals surface area contributed by atoms with Gasteiger partial charge in [-0.1, -0.05) is 25.4 Å².